The fraction of sp³-hybridized carbons (Fsp3) is 0.542. The summed E-state index contributed by atoms with van der Waals surface area (Å²) >= 11 is 0. The van der Waals surface area contributed by atoms with Crippen LogP contribution in [0.5, 0.6) is 0 Å². The van der Waals surface area contributed by atoms with Crippen molar-refractivity contribution in [3.8, 4) is 11.4 Å². The van der Waals surface area contributed by atoms with E-state index in [9.17, 15) is 4.79 Å². The van der Waals surface area contributed by atoms with E-state index in [0.717, 1.165) is 49.1 Å². The van der Waals surface area contributed by atoms with Crippen LogP contribution in [0.25, 0.3) is 11.4 Å². The summed E-state index contributed by atoms with van der Waals surface area (Å²) in [5.74, 6) is 1.83. The maximum atomic E-state index is 11.8. The number of amides is 2. The van der Waals surface area contributed by atoms with Crippen molar-refractivity contribution in [3.05, 3.63) is 35.5 Å². The van der Waals surface area contributed by atoms with E-state index in [-0.39, 0.29) is 12.1 Å². The van der Waals surface area contributed by atoms with Crippen LogP contribution in [-0.2, 0) is 11.2 Å². The Morgan fingerprint density at radius 3 is 2.78 bits per heavy atom. The van der Waals surface area contributed by atoms with Crippen molar-refractivity contribution in [3.63, 3.8) is 0 Å². The minimum Gasteiger partial charge on any atom is -0.377 e. The van der Waals surface area contributed by atoms with Gasteiger partial charge in [-0.25, -0.2) is 14.8 Å². The number of hydrogen-bond acceptors (Lipinski definition) is 6. The molecular formula is C24H32N6O2. The monoisotopic (exact) mass is 436 g/mol. The Kier molecular flexibility index (Phi) is 5.73. The molecule has 3 atom stereocenters. The van der Waals surface area contributed by atoms with Crippen LogP contribution in [0, 0.1) is 0 Å². The molecule has 1 aromatic carbocycles. The Morgan fingerprint density at radius 2 is 2.03 bits per heavy atom. The smallest absolute Gasteiger partial charge is 0.319 e. The summed E-state index contributed by atoms with van der Waals surface area (Å²) in [6.45, 7) is 6.98. The van der Waals surface area contributed by atoms with Gasteiger partial charge in [-0.05, 0) is 58.0 Å². The van der Waals surface area contributed by atoms with E-state index in [0.29, 0.717) is 18.6 Å². The van der Waals surface area contributed by atoms with Gasteiger partial charge in [-0.3, -0.25) is 4.90 Å². The third kappa shape index (κ3) is 3.82. The van der Waals surface area contributed by atoms with Gasteiger partial charge in [0.25, 0.3) is 0 Å². The van der Waals surface area contributed by atoms with Gasteiger partial charge in [0.15, 0.2) is 5.82 Å². The zero-order valence-electron chi connectivity index (χ0n) is 19.1. The zero-order chi connectivity index (χ0) is 22.2. The molecule has 0 aliphatic carbocycles. The average Bonchev–Trinajstić information content (AvgIpc) is 3.02. The standard InChI is InChI=1S/C24H32N6O2/c1-4-25-24(31)26-17-7-5-16(6-8-17)22-27-19-13-18-9-10-20(29(18)3)21(19)23(28-22)30-11-12-32-14-15(30)2/h5-8,15,18,20H,4,9-14H2,1-3H3,(H2,25,26,31). The molecule has 2 bridgehead atoms. The molecule has 3 unspecified atom stereocenters. The van der Waals surface area contributed by atoms with Gasteiger partial charge in [0, 0.05) is 48.4 Å². The number of nitrogens with zero attached hydrogens (tertiary/aromatic N) is 4. The summed E-state index contributed by atoms with van der Waals surface area (Å²) < 4.78 is 5.70. The van der Waals surface area contributed by atoms with Crippen LogP contribution in [0.3, 0.4) is 0 Å². The van der Waals surface area contributed by atoms with Crippen LogP contribution in [0.1, 0.15) is 44.0 Å². The first-order valence-corrected chi connectivity index (χ1v) is 11.7. The van der Waals surface area contributed by atoms with Gasteiger partial charge in [-0.1, -0.05) is 0 Å². The van der Waals surface area contributed by atoms with E-state index >= 15 is 0 Å². The number of ether oxygens (including phenoxy) is 1. The highest BCUT2D eigenvalue weighted by Crippen LogP contribution is 2.46. The van der Waals surface area contributed by atoms with Gasteiger partial charge >= 0.3 is 6.03 Å². The molecule has 3 aliphatic heterocycles. The summed E-state index contributed by atoms with van der Waals surface area (Å²) in [6.07, 6.45) is 3.36. The Balaban J connectivity index is 1.52. The number of urea groups is 1. The highest BCUT2D eigenvalue weighted by atomic mass is 16.5. The third-order valence-corrected chi connectivity index (χ3v) is 6.99. The summed E-state index contributed by atoms with van der Waals surface area (Å²) in [7, 11) is 2.24. The molecule has 0 radical (unpaired) electrons. The summed E-state index contributed by atoms with van der Waals surface area (Å²) in [4.78, 5) is 26.9. The first-order chi connectivity index (χ1) is 15.5. The summed E-state index contributed by atoms with van der Waals surface area (Å²) in [5.41, 5.74) is 4.22. The van der Waals surface area contributed by atoms with Crippen LogP contribution in [0.4, 0.5) is 16.3 Å². The zero-order valence-corrected chi connectivity index (χ0v) is 19.1. The molecule has 2 aromatic rings. The number of carbonyl (C=O) groups is 1. The maximum Gasteiger partial charge on any atom is 0.319 e. The SMILES string of the molecule is CCNC(=O)Nc1ccc(-c2nc3c(c(N4CCOCC4C)n2)C2CCC(C3)N2C)cc1. The lowest BCUT2D eigenvalue weighted by atomic mass is 9.97. The molecule has 2 saturated heterocycles. The van der Waals surface area contributed by atoms with Crippen LogP contribution < -0.4 is 15.5 Å². The predicted molar refractivity (Wildman–Crippen MR) is 125 cm³/mol. The van der Waals surface area contributed by atoms with Crippen molar-refractivity contribution >= 4 is 17.5 Å². The molecule has 3 aliphatic rings. The predicted octanol–water partition coefficient (Wildman–Crippen LogP) is 3.20. The number of benzene rings is 1. The lowest BCUT2D eigenvalue weighted by Gasteiger charge is -2.40. The molecular weight excluding hydrogens is 404 g/mol. The second-order valence-corrected chi connectivity index (χ2v) is 9.03. The van der Waals surface area contributed by atoms with Crippen LogP contribution in [-0.4, -0.2) is 66.3 Å². The Bertz CT molecular complexity index is 995. The minimum absolute atomic E-state index is 0.200. The molecule has 5 rings (SSSR count). The van der Waals surface area contributed by atoms with E-state index in [1.54, 1.807) is 0 Å². The van der Waals surface area contributed by atoms with Gasteiger partial charge in [-0.15, -0.1) is 0 Å². The molecule has 32 heavy (non-hydrogen) atoms. The number of aromatic nitrogens is 2. The molecule has 2 N–H and O–H groups in total. The lowest BCUT2D eigenvalue weighted by Crippen LogP contribution is -2.46. The Hall–Kier alpha value is -2.71. The van der Waals surface area contributed by atoms with Crippen LogP contribution in [0.15, 0.2) is 24.3 Å². The van der Waals surface area contributed by atoms with Crippen molar-refractivity contribution in [2.24, 2.45) is 0 Å². The van der Waals surface area contributed by atoms with Gasteiger partial charge < -0.3 is 20.3 Å². The molecule has 0 saturated carbocycles. The second kappa shape index (κ2) is 8.67. The van der Waals surface area contributed by atoms with Crippen LogP contribution in [0.2, 0.25) is 0 Å². The summed E-state index contributed by atoms with van der Waals surface area (Å²) in [5, 5.41) is 5.59. The number of carbonyl (C=O) groups excluding carboxylic acids is 1. The number of fused-ring (bicyclic) bond motifs is 4. The van der Waals surface area contributed by atoms with Crippen molar-refractivity contribution < 1.29 is 9.53 Å². The quantitative estimate of drug-likeness (QED) is 0.766. The summed E-state index contributed by atoms with van der Waals surface area (Å²) in [6, 6.07) is 8.82. The number of hydrogen-bond donors (Lipinski definition) is 2. The molecule has 8 nitrogen and oxygen atoms in total. The fourth-order valence-electron chi connectivity index (χ4n) is 5.26. The molecule has 1 aromatic heterocycles. The van der Waals surface area contributed by atoms with Crippen molar-refractivity contribution in [2.45, 2.75) is 51.2 Å². The van der Waals surface area contributed by atoms with E-state index in [2.05, 4.69) is 34.4 Å². The highest BCUT2D eigenvalue weighted by molar-refractivity contribution is 5.89. The van der Waals surface area contributed by atoms with Gasteiger partial charge in [0.1, 0.15) is 5.82 Å². The normalized spacial score (nSPS) is 24.8. The Labute approximate surface area is 189 Å². The number of morpholine rings is 1. The number of nitrogens with one attached hydrogen (secondary N) is 2. The van der Waals surface area contributed by atoms with Crippen molar-refractivity contribution in [2.75, 3.05) is 43.6 Å². The molecule has 4 heterocycles. The third-order valence-electron chi connectivity index (χ3n) is 6.99. The molecule has 8 heteroatoms. The topological polar surface area (TPSA) is 82.6 Å². The average molecular weight is 437 g/mol. The first kappa shape index (κ1) is 21.2. The molecule has 2 amide bonds. The largest absolute Gasteiger partial charge is 0.377 e. The van der Waals surface area contributed by atoms with E-state index in [1.807, 2.05) is 31.2 Å². The van der Waals surface area contributed by atoms with Gasteiger partial charge in [-0.2, -0.15) is 0 Å². The Morgan fingerprint density at radius 1 is 1.22 bits per heavy atom. The second-order valence-electron chi connectivity index (χ2n) is 9.03. The van der Waals surface area contributed by atoms with E-state index < -0.39 is 0 Å². The van der Waals surface area contributed by atoms with Gasteiger partial charge in [0.2, 0.25) is 0 Å². The van der Waals surface area contributed by atoms with Crippen LogP contribution >= 0.6 is 0 Å². The van der Waals surface area contributed by atoms with Crippen molar-refractivity contribution in [1.82, 2.24) is 20.2 Å². The van der Waals surface area contributed by atoms with E-state index in [4.69, 9.17) is 14.7 Å². The number of rotatable bonds is 4. The fourth-order valence-corrected chi connectivity index (χ4v) is 5.26. The van der Waals surface area contributed by atoms with Crippen molar-refractivity contribution in [1.29, 1.82) is 0 Å². The number of anilines is 2. The number of likely N-dealkylation sites (N-methyl/N-ethyl adjacent to an activating group) is 1. The molecule has 170 valence electrons. The maximum absolute atomic E-state index is 11.8. The van der Waals surface area contributed by atoms with E-state index in [1.165, 1.54) is 24.1 Å². The molecule has 0 spiro atoms. The first-order valence-electron chi connectivity index (χ1n) is 11.7. The lowest BCUT2D eigenvalue weighted by molar-refractivity contribution is 0.0981. The molecule has 2 fully saturated rings. The van der Waals surface area contributed by atoms with Gasteiger partial charge in [0.05, 0.1) is 24.9 Å². The highest BCUT2D eigenvalue weighted by Gasteiger charge is 2.42. The minimum atomic E-state index is -0.200.